The van der Waals surface area contributed by atoms with Gasteiger partial charge in [0.25, 0.3) is 0 Å². The summed E-state index contributed by atoms with van der Waals surface area (Å²) < 4.78 is 0. The molecule has 2 fully saturated rings. The fourth-order valence-electron chi connectivity index (χ4n) is 3.33. The Morgan fingerprint density at radius 2 is 1.75 bits per heavy atom. The zero-order valence-electron chi connectivity index (χ0n) is 11.1. The van der Waals surface area contributed by atoms with Crippen LogP contribution >= 0.6 is 0 Å². The minimum absolute atomic E-state index is 0.736. The van der Waals surface area contributed by atoms with Gasteiger partial charge >= 0.3 is 0 Å². The molecule has 0 radical (unpaired) electrons. The molecule has 0 aliphatic heterocycles. The van der Waals surface area contributed by atoms with Crippen molar-refractivity contribution in [2.24, 2.45) is 11.3 Å². The summed E-state index contributed by atoms with van der Waals surface area (Å²) in [6, 6.07) is 0. The Bertz CT molecular complexity index is 188. The highest BCUT2D eigenvalue weighted by Gasteiger charge is 2.40. The second-order valence-electron chi connectivity index (χ2n) is 6.24. The molecule has 0 aromatic rings. The molecule has 2 aliphatic carbocycles. The molecule has 1 N–H and O–H groups in total. The molecule has 1 nitrogen and oxygen atoms in total. The first-order valence-electron chi connectivity index (χ1n) is 7.55. The predicted octanol–water partition coefficient (Wildman–Crippen LogP) is 4.13. The number of nitrogens with one attached hydrogen (secondary N) is 1. The molecule has 0 atom stereocenters. The van der Waals surface area contributed by atoms with Crippen molar-refractivity contribution in [3.05, 3.63) is 0 Å². The van der Waals surface area contributed by atoms with Crippen LogP contribution in [0.25, 0.3) is 0 Å². The lowest BCUT2D eigenvalue weighted by Gasteiger charge is -2.19. The Morgan fingerprint density at radius 1 is 1.06 bits per heavy atom. The maximum Gasteiger partial charge on any atom is 0.000793 e. The van der Waals surface area contributed by atoms with Crippen molar-refractivity contribution in [3.63, 3.8) is 0 Å². The van der Waals surface area contributed by atoms with Crippen LogP contribution in [0.15, 0.2) is 0 Å². The van der Waals surface area contributed by atoms with Gasteiger partial charge in [-0.25, -0.2) is 0 Å². The van der Waals surface area contributed by atoms with Crippen LogP contribution < -0.4 is 5.32 Å². The van der Waals surface area contributed by atoms with Crippen molar-refractivity contribution in [1.29, 1.82) is 0 Å². The SMILES string of the molecule is CCCC1(CNCC2CCCCCC2)CC1. The van der Waals surface area contributed by atoms with Crippen LogP contribution in [0.3, 0.4) is 0 Å². The predicted molar refractivity (Wildman–Crippen MR) is 70.6 cm³/mol. The van der Waals surface area contributed by atoms with Crippen molar-refractivity contribution in [1.82, 2.24) is 5.32 Å². The van der Waals surface area contributed by atoms with E-state index in [0.717, 1.165) is 11.3 Å². The lowest BCUT2D eigenvalue weighted by Crippen LogP contribution is -2.29. The molecule has 0 heterocycles. The van der Waals surface area contributed by atoms with E-state index in [4.69, 9.17) is 0 Å². The number of hydrogen-bond donors (Lipinski definition) is 1. The summed E-state index contributed by atoms with van der Waals surface area (Å²) in [7, 11) is 0. The van der Waals surface area contributed by atoms with Gasteiger partial charge in [-0.1, -0.05) is 39.0 Å². The molecule has 0 bridgehead atoms. The maximum atomic E-state index is 3.77. The van der Waals surface area contributed by atoms with Crippen molar-refractivity contribution < 1.29 is 0 Å². The van der Waals surface area contributed by atoms with E-state index in [9.17, 15) is 0 Å². The Kier molecular flexibility index (Phi) is 4.69. The molecule has 0 unspecified atom stereocenters. The fourth-order valence-corrected chi connectivity index (χ4v) is 3.33. The Morgan fingerprint density at radius 3 is 2.31 bits per heavy atom. The van der Waals surface area contributed by atoms with Gasteiger partial charge in [0.15, 0.2) is 0 Å². The zero-order valence-corrected chi connectivity index (χ0v) is 11.1. The lowest BCUT2D eigenvalue weighted by atomic mass is 9.98. The van der Waals surface area contributed by atoms with Gasteiger partial charge in [0.2, 0.25) is 0 Å². The quantitative estimate of drug-likeness (QED) is 0.668. The summed E-state index contributed by atoms with van der Waals surface area (Å²) >= 11 is 0. The van der Waals surface area contributed by atoms with E-state index >= 15 is 0 Å². The monoisotopic (exact) mass is 223 g/mol. The van der Waals surface area contributed by atoms with Crippen molar-refractivity contribution >= 4 is 0 Å². The van der Waals surface area contributed by atoms with E-state index in [0.29, 0.717) is 0 Å². The average Bonchev–Trinajstić information content (AvgIpc) is 3.05. The van der Waals surface area contributed by atoms with Gasteiger partial charge in [-0.3, -0.25) is 0 Å². The van der Waals surface area contributed by atoms with Crippen LogP contribution in [-0.4, -0.2) is 13.1 Å². The van der Waals surface area contributed by atoms with Gasteiger partial charge in [-0.2, -0.15) is 0 Å². The van der Waals surface area contributed by atoms with Gasteiger partial charge in [-0.15, -0.1) is 0 Å². The van der Waals surface area contributed by atoms with Crippen LogP contribution in [0, 0.1) is 11.3 Å². The van der Waals surface area contributed by atoms with E-state index in [1.165, 1.54) is 77.3 Å². The standard InChI is InChI=1S/C15H29N/c1-2-9-15(10-11-15)13-16-12-14-7-5-3-4-6-8-14/h14,16H,2-13H2,1H3. The highest BCUT2D eigenvalue weighted by molar-refractivity contribution is 4.94. The topological polar surface area (TPSA) is 12.0 Å². The maximum absolute atomic E-state index is 3.77. The van der Waals surface area contributed by atoms with Crippen molar-refractivity contribution in [2.75, 3.05) is 13.1 Å². The Hall–Kier alpha value is -0.0400. The van der Waals surface area contributed by atoms with Gasteiger partial charge in [0, 0.05) is 6.54 Å². The van der Waals surface area contributed by atoms with Gasteiger partial charge < -0.3 is 5.32 Å². The molecule has 0 spiro atoms. The third kappa shape index (κ3) is 3.76. The largest absolute Gasteiger partial charge is 0.316 e. The molecule has 0 aromatic carbocycles. The summed E-state index contributed by atoms with van der Waals surface area (Å²) in [6.45, 7) is 4.92. The molecule has 2 rings (SSSR count). The molecule has 0 aromatic heterocycles. The van der Waals surface area contributed by atoms with Crippen LogP contribution in [0.4, 0.5) is 0 Å². The molecule has 16 heavy (non-hydrogen) atoms. The summed E-state index contributed by atoms with van der Waals surface area (Å²) in [4.78, 5) is 0. The molecular weight excluding hydrogens is 194 g/mol. The zero-order chi connectivity index (χ0) is 11.3. The third-order valence-electron chi connectivity index (χ3n) is 4.65. The minimum Gasteiger partial charge on any atom is -0.316 e. The summed E-state index contributed by atoms with van der Waals surface area (Å²) in [5.74, 6) is 0.986. The first-order valence-corrected chi connectivity index (χ1v) is 7.55. The van der Waals surface area contributed by atoms with Crippen LogP contribution in [0.2, 0.25) is 0 Å². The molecule has 1 heteroatoms. The normalized spacial score (nSPS) is 25.3. The first-order chi connectivity index (χ1) is 7.85. The molecule has 0 saturated heterocycles. The van der Waals surface area contributed by atoms with E-state index in [-0.39, 0.29) is 0 Å². The fraction of sp³-hybridized carbons (Fsp3) is 1.00. The average molecular weight is 223 g/mol. The molecule has 2 aliphatic rings. The molecular formula is C15H29N. The van der Waals surface area contributed by atoms with Gasteiger partial charge in [0.1, 0.15) is 0 Å². The third-order valence-corrected chi connectivity index (χ3v) is 4.65. The van der Waals surface area contributed by atoms with Gasteiger partial charge in [-0.05, 0) is 50.0 Å². The van der Waals surface area contributed by atoms with E-state index in [1.54, 1.807) is 0 Å². The summed E-state index contributed by atoms with van der Waals surface area (Å²) in [5, 5.41) is 3.77. The number of hydrogen-bond acceptors (Lipinski definition) is 1. The van der Waals surface area contributed by atoms with Gasteiger partial charge in [0.05, 0.1) is 0 Å². The van der Waals surface area contributed by atoms with Crippen molar-refractivity contribution in [3.8, 4) is 0 Å². The first kappa shape index (κ1) is 12.4. The second-order valence-corrected chi connectivity index (χ2v) is 6.24. The summed E-state index contributed by atoms with van der Waals surface area (Å²) in [6.07, 6.45) is 14.7. The van der Waals surface area contributed by atoms with Crippen LogP contribution in [0.5, 0.6) is 0 Å². The molecule has 0 amide bonds. The van der Waals surface area contributed by atoms with Crippen LogP contribution in [-0.2, 0) is 0 Å². The van der Waals surface area contributed by atoms with E-state index < -0.39 is 0 Å². The summed E-state index contributed by atoms with van der Waals surface area (Å²) in [5.41, 5.74) is 0.736. The van der Waals surface area contributed by atoms with E-state index in [2.05, 4.69) is 12.2 Å². The smallest absolute Gasteiger partial charge is 0.000793 e. The highest BCUT2D eigenvalue weighted by Crippen LogP contribution is 2.48. The van der Waals surface area contributed by atoms with E-state index in [1.807, 2.05) is 0 Å². The highest BCUT2D eigenvalue weighted by atomic mass is 14.9. The Balaban J connectivity index is 1.60. The number of rotatable bonds is 6. The second kappa shape index (κ2) is 6.05. The molecule has 94 valence electrons. The molecule has 2 saturated carbocycles. The minimum atomic E-state index is 0.736. The Labute approximate surface area is 101 Å². The van der Waals surface area contributed by atoms with Crippen LogP contribution in [0.1, 0.15) is 71.1 Å². The van der Waals surface area contributed by atoms with Crippen molar-refractivity contribution in [2.45, 2.75) is 71.1 Å². The lowest BCUT2D eigenvalue weighted by molar-refractivity contribution is 0.371.